The lowest BCUT2D eigenvalue weighted by Crippen LogP contribution is -2.42. The van der Waals surface area contributed by atoms with E-state index in [1.165, 1.54) is 29.8 Å². The van der Waals surface area contributed by atoms with Crippen molar-refractivity contribution in [2.75, 3.05) is 19.6 Å². The third kappa shape index (κ3) is 6.16. The predicted octanol–water partition coefficient (Wildman–Crippen LogP) is 3.54. The molecule has 1 saturated heterocycles. The molecular weight excluding hydrogens is 388 g/mol. The van der Waals surface area contributed by atoms with Gasteiger partial charge in [-0.25, -0.2) is 0 Å². The molecule has 2 amide bonds. The van der Waals surface area contributed by atoms with E-state index in [1.807, 2.05) is 17.5 Å². The fraction of sp³-hybridized carbons (Fsp3) is 0.591. The molecule has 0 unspecified atom stereocenters. The molecule has 2 aliphatic rings. The van der Waals surface area contributed by atoms with Gasteiger partial charge in [0.2, 0.25) is 0 Å². The Labute approximate surface area is 176 Å². The number of hydrogen-bond acceptors (Lipinski definition) is 5. The Kier molecular flexibility index (Phi) is 7.86. The number of nitrogens with one attached hydrogen (secondary N) is 1. The molecule has 1 fully saturated rings. The van der Waals surface area contributed by atoms with Gasteiger partial charge < -0.3 is 15.0 Å². The predicted molar refractivity (Wildman–Crippen MR) is 113 cm³/mol. The van der Waals surface area contributed by atoms with E-state index in [0.29, 0.717) is 32.5 Å². The Bertz CT molecular complexity index is 736. The summed E-state index contributed by atoms with van der Waals surface area (Å²) in [5.74, 6) is -0.830. The normalized spacial score (nSPS) is 18.7. The lowest BCUT2D eigenvalue weighted by atomic mass is 9.97. The summed E-state index contributed by atoms with van der Waals surface area (Å²) in [5, 5.41) is 4.75. The Morgan fingerprint density at radius 1 is 1.28 bits per heavy atom. The van der Waals surface area contributed by atoms with Crippen LogP contribution >= 0.6 is 11.3 Å². The SMILES string of the molecule is C[C@H](OC(=O)C1CCN(C(=O)c2cccs2)CC1)C(=O)NCCC1=CCCCC1. The fourth-order valence-corrected chi connectivity index (χ4v) is 4.51. The quantitative estimate of drug-likeness (QED) is 0.543. The summed E-state index contributed by atoms with van der Waals surface area (Å²) >= 11 is 1.43. The van der Waals surface area contributed by atoms with E-state index in [1.54, 1.807) is 11.8 Å². The average molecular weight is 419 g/mol. The van der Waals surface area contributed by atoms with Gasteiger partial charge in [-0.3, -0.25) is 14.4 Å². The number of esters is 1. The molecule has 6 nitrogen and oxygen atoms in total. The molecule has 0 saturated carbocycles. The lowest BCUT2D eigenvalue weighted by molar-refractivity contribution is -0.160. The zero-order valence-corrected chi connectivity index (χ0v) is 17.8. The molecule has 0 bridgehead atoms. The first-order valence-electron chi connectivity index (χ1n) is 10.5. The van der Waals surface area contributed by atoms with E-state index >= 15 is 0 Å². The van der Waals surface area contributed by atoms with Crippen molar-refractivity contribution >= 4 is 29.1 Å². The van der Waals surface area contributed by atoms with Crippen LogP contribution < -0.4 is 5.32 Å². The van der Waals surface area contributed by atoms with Gasteiger partial charge in [0.15, 0.2) is 6.10 Å². The monoisotopic (exact) mass is 418 g/mol. The van der Waals surface area contributed by atoms with Crippen LogP contribution in [0.15, 0.2) is 29.2 Å². The van der Waals surface area contributed by atoms with Crippen molar-refractivity contribution in [2.45, 2.75) is 58.0 Å². The Morgan fingerprint density at radius 2 is 2.07 bits per heavy atom. The third-order valence-electron chi connectivity index (χ3n) is 5.64. The molecule has 1 atom stereocenters. The Morgan fingerprint density at radius 3 is 2.72 bits per heavy atom. The Hall–Kier alpha value is -2.15. The highest BCUT2D eigenvalue weighted by molar-refractivity contribution is 7.12. The molecule has 29 heavy (non-hydrogen) atoms. The highest BCUT2D eigenvalue weighted by Gasteiger charge is 2.30. The average Bonchev–Trinajstić information content (AvgIpc) is 3.29. The fourth-order valence-electron chi connectivity index (χ4n) is 3.82. The molecule has 2 heterocycles. The highest BCUT2D eigenvalue weighted by Crippen LogP contribution is 2.22. The number of rotatable bonds is 7. The second-order valence-corrected chi connectivity index (χ2v) is 8.72. The van der Waals surface area contributed by atoms with Crippen LogP contribution in [-0.2, 0) is 14.3 Å². The topological polar surface area (TPSA) is 75.7 Å². The van der Waals surface area contributed by atoms with Crippen molar-refractivity contribution in [3.63, 3.8) is 0 Å². The van der Waals surface area contributed by atoms with Gasteiger partial charge in [-0.05, 0) is 63.3 Å². The zero-order valence-electron chi connectivity index (χ0n) is 17.0. The first-order chi connectivity index (χ1) is 14.0. The number of nitrogens with zero attached hydrogens (tertiary/aromatic N) is 1. The van der Waals surface area contributed by atoms with Gasteiger partial charge in [0.25, 0.3) is 11.8 Å². The standard InChI is InChI=1S/C22H30N2O4S/c1-16(20(25)23-12-9-17-6-3-2-4-7-17)28-22(27)18-10-13-24(14-11-18)21(26)19-8-5-15-29-19/h5-6,8,15-16,18H,2-4,7,9-14H2,1H3,(H,23,25)/t16-/m0/s1. The van der Waals surface area contributed by atoms with Crippen LogP contribution in [-0.4, -0.2) is 48.4 Å². The molecule has 3 rings (SSSR count). The molecular formula is C22H30N2O4S. The summed E-state index contributed by atoms with van der Waals surface area (Å²) in [7, 11) is 0. The van der Waals surface area contributed by atoms with Gasteiger partial charge in [-0.2, -0.15) is 0 Å². The highest BCUT2D eigenvalue weighted by atomic mass is 32.1. The van der Waals surface area contributed by atoms with Crippen LogP contribution in [0.25, 0.3) is 0 Å². The number of piperidine rings is 1. The van der Waals surface area contributed by atoms with Crippen molar-refractivity contribution < 1.29 is 19.1 Å². The van der Waals surface area contributed by atoms with E-state index < -0.39 is 6.10 Å². The molecule has 158 valence electrons. The van der Waals surface area contributed by atoms with Crippen molar-refractivity contribution in [3.05, 3.63) is 34.0 Å². The van der Waals surface area contributed by atoms with Crippen LogP contribution in [0.3, 0.4) is 0 Å². The Balaban J connectivity index is 1.36. The first-order valence-corrected chi connectivity index (χ1v) is 11.4. The smallest absolute Gasteiger partial charge is 0.309 e. The van der Waals surface area contributed by atoms with Crippen molar-refractivity contribution in [1.29, 1.82) is 0 Å². The van der Waals surface area contributed by atoms with Crippen molar-refractivity contribution in [1.82, 2.24) is 10.2 Å². The van der Waals surface area contributed by atoms with E-state index in [2.05, 4.69) is 11.4 Å². The molecule has 1 aliphatic heterocycles. The summed E-state index contributed by atoms with van der Waals surface area (Å²) < 4.78 is 5.40. The van der Waals surface area contributed by atoms with E-state index in [9.17, 15) is 14.4 Å². The molecule has 0 radical (unpaired) electrons. The number of carbonyl (C=O) groups excluding carboxylic acids is 3. The van der Waals surface area contributed by atoms with Crippen LogP contribution in [0.1, 0.15) is 61.5 Å². The van der Waals surface area contributed by atoms with Gasteiger partial charge in [0.1, 0.15) is 0 Å². The number of likely N-dealkylation sites (tertiary alicyclic amines) is 1. The third-order valence-corrected chi connectivity index (χ3v) is 6.50. The molecule has 7 heteroatoms. The summed E-state index contributed by atoms with van der Waals surface area (Å²) in [6.45, 7) is 3.26. The van der Waals surface area contributed by atoms with Gasteiger partial charge in [0, 0.05) is 19.6 Å². The molecule has 1 aromatic rings. The summed E-state index contributed by atoms with van der Waals surface area (Å²) in [5.41, 5.74) is 1.41. The summed E-state index contributed by atoms with van der Waals surface area (Å²) in [4.78, 5) is 39.5. The van der Waals surface area contributed by atoms with Crippen molar-refractivity contribution in [3.8, 4) is 0 Å². The summed E-state index contributed by atoms with van der Waals surface area (Å²) in [6.07, 6.45) is 8.21. The van der Waals surface area contributed by atoms with E-state index in [-0.39, 0.29) is 23.7 Å². The minimum atomic E-state index is -0.798. The maximum atomic E-state index is 12.4. The number of thiophene rings is 1. The lowest BCUT2D eigenvalue weighted by Gasteiger charge is -2.31. The molecule has 1 aliphatic carbocycles. The minimum Gasteiger partial charge on any atom is -0.452 e. The summed E-state index contributed by atoms with van der Waals surface area (Å²) in [6, 6.07) is 3.68. The van der Waals surface area contributed by atoms with E-state index in [4.69, 9.17) is 4.74 Å². The van der Waals surface area contributed by atoms with Gasteiger partial charge in [-0.1, -0.05) is 17.7 Å². The first kappa shape index (κ1) is 21.6. The second kappa shape index (κ2) is 10.6. The molecule has 0 aromatic carbocycles. The second-order valence-electron chi connectivity index (χ2n) is 7.77. The molecule has 0 spiro atoms. The van der Waals surface area contributed by atoms with Gasteiger partial charge in [0.05, 0.1) is 10.8 Å². The van der Waals surface area contributed by atoms with Crippen LogP contribution in [0.4, 0.5) is 0 Å². The van der Waals surface area contributed by atoms with Crippen LogP contribution in [0.2, 0.25) is 0 Å². The number of allylic oxidation sites excluding steroid dienone is 1. The zero-order chi connectivity index (χ0) is 20.6. The maximum Gasteiger partial charge on any atom is 0.309 e. The molecule has 1 aromatic heterocycles. The van der Waals surface area contributed by atoms with Crippen LogP contribution in [0.5, 0.6) is 0 Å². The number of carbonyl (C=O) groups is 3. The largest absolute Gasteiger partial charge is 0.452 e. The van der Waals surface area contributed by atoms with Gasteiger partial charge in [-0.15, -0.1) is 11.3 Å². The van der Waals surface area contributed by atoms with Crippen molar-refractivity contribution in [2.24, 2.45) is 5.92 Å². The number of ether oxygens (including phenoxy) is 1. The van der Waals surface area contributed by atoms with Gasteiger partial charge >= 0.3 is 5.97 Å². The number of hydrogen-bond donors (Lipinski definition) is 1. The van der Waals surface area contributed by atoms with E-state index in [0.717, 1.165) is 24.1 Å². The number of amides is 2. The minimum absolute atomic E-state index is 0.0210. The molecule has 1 N–H and O–H groups in total. The maximum absolute atomic E-state index is 12.4. The van der Waals surface area contributed by atoms with Crippen LogP contribution in [0, 0.1) is 5.92 Å².